The summed E-state index contributed by atoms with van der Waals surface area (Å²) in [4.78, 5) is 0. The molecule has 0 spiro atoms. The van der Waals surface area contributed by atoms with Gasteiger partial charge >= 0.3 is 0 Å². The first-order valence-corrected chi connectivity index (χ1v) is 11.4. The zero-order valence-electron chi connectivity index (χ0n) is 17.5. The van der Waals surface area contributed by atoms with Crippen molar-refractivity contribution in [1.82, 2.24) is 0 Å². The average Bonchev–Trinajstić information content (AvgIpc) is 3.50. The summed E-state index contributed by atoms with van der Waals surface area (Å²) in [6.07, 6.45) is 6.76. The SMILES string of the molecule is OCCOc1ccc(C2(c3ccc(OCCO)cc3)CC3CC2C2CCCC32)cc1. The molecule has 3 saturated carbocycles. The minimum Gasteiger partial charge on any atom is -0.491 e. The lowest BCUT2D eigenvalue weighted by molar-refractivity contribution is 0.180. The summed E-state index contributed by atoms with van der Waals surface area (Å²) in [5.41, 5.74) is 2.84. The van der Waals surface area contributed by atoms with Crippen molar-refractivity contribution in [2.75, 3.05) is 26.4 Å². The number of aliphatic hydroxyl groups excluding tert-OH is 2. The number of rotatable bonds is 8. The van der Waals surface area contributed by atoms with Crippen molar-refractivity contribution in [3.63, 3.8) is 0 Å². The van der Waals surface area contributed by atoms with E-state index in [1.54, 1.807) is 0 Å². The van der Waals surface area contributed by atoms with Crippen LogP contribution in [0.5, 0.6) is 11.5 Å². The molecule has 0 aliphatic heterocycles. The van der Waals surface area contributed by atoms with Gasteiger partial charge in [0, 0.05) is 5.41 Å². The maximum atomic E-state index is 9.03. The number of ether oxygens (including phenoxy) is 2. The fourth-order valence-corrected chi connectivity index (χ4v) is 7.00. The Kier molecular flexibility index (Phi) is 5.46. The molecule has 2 bridgehead atoms. The van der Waals surface area contributed by atoms with Gasteiger partial charge in [-0.2, -0.15) is 0 Å². The Bertz CT molecular complexity index is 793. The fourth-order valence-electron chi connectivity index (χ4n) is 7.00. The van der Waals surface area contributed by atoms with E-state index in [2.05, 4.69) is 48.5 Å². The molecule has 3 aliphatic rings. The molecule has 0 heterocycles. The minimum atomic E-state index is 0.0310. The van der Waals surface area contributed by atoms with Gasteiger partial charge < -0.3 is 19.7 Å². The number of fused-ring (bicyclic) bond motifs is 5. The standard InChI is InChI=1S/C26H32O4/c27-12-14-29-21-8-4-19(5-9-21)26(20-6-10-22(11-7-20)30-15-13-28)17-18-16-25(26)24-3-1-2-23(18)24/h4-11,18,23-25,27-28H,1-3,12-17H2. The van der Waals surface area contributed by atoms with Crippen LogP contribution in [0.3, 0.4) is 0 Å². The van der Waals surface area contributed by atoms with Gasteiger partial charge in [0.05, 0.1) is 13.2 Å². The Morgan fingerprint density at radius 3 is 1.83 bits per heavy atom. The topological polar surface area (TPSA) is 58.9 Å². The summed E-state index contributed by atoms with van der Waals surface area (Å²) >= 11 is 0. The average molecular weight is 409 g/mol. The van der Waals surface area contributed by atoms with E-state index in [0.717, 1.165) is 29.3 Å². The largest absolute Gasteiger partial charge is 0.491 e. The summed E-state index contributed by atoms with van der Waals surface area (Å²) in [6, 6.07) is 17.2. The molecule has 4 nitrogen and oxygen atoms in total. The molecular weight excluding hydrogens is 376 g/mol. The lowest BCUT2D eigenvalue weighted by Crippen LogP contribution is -2.40. The molecule has 0 radical (unpaired) electrons. The maximum Gasteiger partial charge on any atom is 0.119 e. The highest BCUT2D eigenvalue weighted by Crippen LogP contribution is 2.68. The van der Waals surface area contributed by atoms with E-state index in [-0.39, 0.29) is 18.6 Å². The predicted molar refractivity (Wildman–Crippen MR) is 116 cm³/mol. The van der Waals surface area contributed by atoms with Crippen LogP contribution in [0.4, 0.5) is 0 Å². The zero-order chi connectivity index (χ0) is 20.6. The van der Waals surface area contributed by atoms with E-state index >= 15 is 0 Å². The van der Waals surface area contributed by atoms with E-state index < -0.39 is 0 Å². The molecule has 5 rings (SSSR count). The second kappa shape index (κ2) is 8.24. The third kappa shape index (κ3) is 3.21. The van der Waals surface area contributed by atoms with Crippen LogP contribution in [0.1, 0.15) is 43.2 Å². The van der Waals surface area contributed by atoms with Gasteiger partial charge in [0.15, 0.2) is 0 Å². The third-order valence-corrected chi connectivity index (χ3v) is 7.98. The first-order chi connectivity index (χ1) is 14.8. The van der Waals surface area contributed by atoms with Crippen LogP contribution in [0, 0.1) is 23.7 Å². The molecule has 0 amide bonds. The fraction of sp³-hybridized carbons (Fsp3) is 0.538. The molecule has 2 N–H and O–H groups in total. The van der Waals surface area contributed by atoms with E-state index in [4.69, 9.17) is 19.7 Å². The van der Waals surface area contributed by atoms with Crippen LogP contribution in [-0.2, 0) is 5.41 Å². The van der Waals surface area contributed by atoms with Crippen LogP contribution in [0.2, 0.25) is 0 Å². The van der Waals surface area contributed by atoms with Crippen LogP contribution in [-0.4, -0.2) is 36.6 Å². The van der Waals surface area contributed by atoms with Gasteiger partial charge in [0.2, 0.25) is 0 Å². The van der Waals surface area contributed by atoms with Crippen molar-refractivity contribution in [3.05, 3.63) is 59.7 Å². The molecule has 0 aromatic heterocycles. The molecule has 3 aliphatic carbocycles. The monoisotopic (exact) mass is 408 g/mol. The van der Waals surface area contributed by atoms with Crippen molar-refractivity contribution in [3.8, 4) is 11.5 Å². The highest BCUT2D eigenvalue weighted by Gasteiger charge is 2.61. The maximum absolute atomic E-state index is 9.03. The van der Waals surface area contributed by atoms with Gasteiger partial charge in [-0.3, -0.25) is 0 Å². The normalized spacial score (nSPS) is 28.5. The molecular formula is C26H32O4. The quantitative estimate of drug-likeness (QED) is 0.688. The van der Waals surface area contributed by atoms with Gasteiger partial charge in [-0.15, -0.1) is 0 Å². The van der Waals surface area contributed by atoms with Crippen molar-refractivity contribution in [2.45, 2.75) is 37.5 Å². The molecule has 160 valence electrons. The molecule has 4 atom stereocenters. The number of aliphatic hydroxyl groups is 2. The van der Waals surface area contributed by atoms with Crippen molar-refractivity contribution in [2.24, 2.45) is 23.7 Å². The van der Waals surface area contributed by atoms with Crippen LogP contribution in [0.25, 0.3) is 0 Å². The second-order valence-corrected chi connectivity index (χ2v) is 9.23. The molecule has 2 aromatic rings. The molecule has 0 saturated heterocycles. The molecule has 2 aromatic carbocycles. The molecule has 30 heavy (non-hydrogen) atoms. The minimum absolute atomic E-state index is 0.0310. The molecule has 4 unspecified atom stereocenters. The second-order valence-electron chi connectivity index (χ2n) is 9.23. The van der Waals surface area contributed by atoms with E-state index in [9.17, 15) is 0 Å². The van der Waals surface area contributed by atoms with Gasteiger partial charge in [-0.25, -0.2) is 0 Å². The van der Waals surface area contributed by atoms with E-state index in [0.29, 0.717) is 19.1 Å². The lowest BCUT2D eigenvalue weighted by Gasteiger charge is -2.44. The van der Waals surface area contributed by atoms with Gasteiger partial charge in [0.1, 0.15) is 24.7 Å². The third-order valence-electron chi connectivity index (χ3n) is 7.98. The summed E-state index contributed by atoms with van der Waals surface area (Å²) < 4.78 is 11.2. The number of benzene rings is 2. The van der Waals surface area contributed by atoms with Gasteiger partial charge in [-0.1, -0.05) is 30.7 Å². The molecule has 3 fully saturated rings. The summed E-state index contributed by atoms with van der Waals surface area (Å²) in [5.74, 6) is 4.94. The Morgan fingerprint density at radius 2 is 1.30 bits per heavy atom. The Hall–Kier alpha value is -2.04. The highest BCUT2D eigenvalue weighted by molar-refractivity contribution is 5.47. The Labute approximate surface area is 178 Å². The summed E-state index contributed by atoms with van der Waals surface area (Å²) in [7, 11) is 0. The van der Waals surface area contributed by atoms with Crippen LogP contribution >= 0.6 is 0 Å². The van der Waals surface area contributed by atoms with Crippen LogP contribution < -0.4 is 9.47 Å². The smallest absolute Gasteiger partial charge is 0.119 e. The molecule has 4 heteroatoms. The van der Waals surface area contributed by atoms with Gasteiger partial charge in [-0.05, 0) is 84.7 Å². The lowest BCUT2D eigenvalue weighted by atomic mass is 9.59. The van der Waals surface area contributed by atoms with Crippen LogP contribution in [0.15, 0.2) is 48.5 Å². The van der Waals surface area contributed by atoms with Crippen molar-refractivity contribution in [1.29, 1.82) is 0 Å². The summed E-state index contributed by atoms with van der Waals surface area (Å²) in [5, 5.41) is 18.1. The van der Waals surface area contributed by atoms with E-state index in [1.807, 2.05) is 0 Å². The highest BCUT2D eigenvalue weighted by atomic mass is 16.5. The van der Waals surface area contributed by atoms with Gasteiger partial charge in [0.25, 0.3) is 0 Å². The predicted octanol–water partition coefficient (Wildman–Crippen LogP) is 4.17. The van der Waals surface area contributed by atoms with E-state index in [1.165, 1.54) is 43.2 Å². The number of hydrogen-bond donors (Lipinski definition) is 2. The Morgan fingerprint density at radius 1 is 0.767 bits per heavy atom. The van der Waals surface area contributed by atoms with Crippen molar-refractivity contribution >= 4 is 0 Å². The Balaban J connectivity index is 1.51. The number of hydrogen-bond acceptors (Lipinski definition) is 4. The first-order valence-electron chi connectivity index (χ1n) is 11.4. The first kappa shape index (κ1) is 19.9. The summed E-state index contributed by atoms with van der Waals surface area (Å²) in [6.45, 7) is 0.717. The zero-order valence-corrected chi connectivity index (χ0v) is 17.5. The van der Waals surface area contributed by atoms with Crippen molar-refractivity contribution < 1.29 is 19.7 Å².